The Morgan fingerprint density at radius 2 is 1.75 bits per heavy atom. The van der Waals surface area contributed by atoms with Gasteiger partial charge in [0.1, 0.15) is 0 Å². The van der Waals surface area contributed by atoms with Gasteiger partial charge in [-0.25, -0.2) is 0 Å². The van der Waals surface area contributed by atoms with Crippen LogP contribution in [-0.4, -0.2) is 33.4 Å². The molecule has 3 heterocycles. The topological polar surface area (TPSA) is 67.9 Å². The van der Waals surface area contributed by atoms with Crippen molar-refractivity contribution in [2.75, 3.05) is 18.0 Å². The smallest absolute Gasteiger partial charge is 0.355 e. The van der Waals surface area contributed by atoms with Gasteiger partial charge in [0.2, 0.25) is 5.89 Å². The van der Waals surface area contributed by atoms with E-state index in [4.69, 9.17) is 4.52 Å². The van der Waals surface area contributed by atoms with Crippen molar-refractivity contribution in [3.05, 3.63) is 29.5 Å². The Kier molecular flexibility index (Phi) is 3.65. The number of piperidine rings is 1. The molecule has 0 amide bonds. The minimum atomic E-state index is -4.46. The van der Waals surface area contributed by atoms with Gasteiger partial charge in [0.15, 0.2) is 17.3 Å². The molecular weight excluding hydrogens is 323 g/mol. The zero-order valence-corrected chi connectivity index (χ0v) is 12.8. The number of aromatic nitrogens is 4. The Labute approximate surface area is 136 Å². The standard InChI is InChI=1S/C15H16F3N5O/c16-15(17,18)11-3-4-12(21-20-11)23-7-5-9(6-8-23)13-19-14(24-22-13)10-1-2-10/h3-4,9-10H,1-2,5-8H2. The Hall–Kier alpha value is -2.19. The summed E-state index contributed by atoms with van der Waals surface area (Å²) in [6, 6.07) is 2.34. The van der Waals surface area contributed by atoms with E-state index in [0.29, 0.717) is 24.8 Å². The third kappa shape index (κ3) is 3.07. The third-order valence-corrected chi connectivity index (χ3v) is 4.51. The van der Waals surface area contributed by atoms with Crippen LogP contribution in [0.3, 0.4) is 0 Å². The van der Waals surface area contributed by atoms with Crippen molar-refractivity contribution in [3.63, 3.8) is 0 Å². The van der Waals surface area contributed by atoms with E-state index in [1.807, 2.05) is 4.90 Å². The fourth-order valence-electron chi connectivity index (χ4n) is 2.92. The Bertz CT molecular complexity index is 703. The Morgan fingerprint density at radius 3 is 2.33 bits per heavy atom. The monoisotopic (exact) mass is 339 g/mol. The second-order valence-electron chi connectivity index (χ2n) is 6.30. The second-order valence-corrected chi connectivity index (χ2v) is 6.30. The van der Waals surface area contributed by atoms with E-state index in [1.165, 1.54) is 6.07 Å². The first-order valence-electron chi connectivity index (χ1n) is 8.00. The fraction of sp³-hybridized carbons (Fsp3) is 0.600. The number of nitrogens with zero attached hydrogens (tertiary/aromatic N) is 5. The van der Waals surface area contributed by atoms with Gasteiger partial charge in [0.05, 0.1) is 0 Å². The normalized spacial score (nSPS) is 19.7. The summed E-state index contributed by atoms with van der Waals surface area (Å²) in [5.41, 5.74) is -0.972. The molecule has 1 aliphatic heterocycles. The number of alkyl halides is 3. The first kappa shape index (κ1) is 15.3. The summed E-state index contributed by atoms with van der Waals surface area (Å²) >= 11 is 0. The summed E-state index contributed by atoms with van der Waals surface area (Å²) in [7, 11) is 0. The van der Waals surface area contributed by atoms with Crippen LogP contribution in [0.4, 0.5) is 19.0 Å². The summed E-state index contributed by atoms with van der Waals surface area (Å²) in [6.45, 7) is 1.36. The van der Waals surface area contributed by atoms with Gasteiger partial charge in [-0.05, 0) is 37.8 Å². The largest absolute Gasteiger partial charge is 0.435 e. The van der Waals surface area contributed by atoms with Gasteiger partial charge < -0.3 is 9.42 Å². The van der Waals surface area contributed by atoms with Gasteiger partial charge in [-0.2, -0.15) is 18.2 Å². The maximum atomic E-state index is 12.5. The summed E-state index contributed by atoms with van der Waals surface area (Å²) in [6.07, 6.45) is -0.603. The van der Waals surface area contributed by atoms with Gasteiger partial charge >= 0.3 is 6.18 Å². The molecule has 2 fully saturated rings. The molecule has 4 rings (SSSR count). The van der Waals surface area contributed by atoms with Gasteiger partial charge in [0.25, 0.3) is 0 Å². The van der Waals surface area contributed by atoms with Crippen molar-refractivity contribution in [2.24, 2.45) is 0 Å². The van der Waals surface area contributed by atoms with Crippen molar-refractivity contribution >= 4 is 5.82 Å². The molecule has 2 aliphatic rings. The van der Waals surface area contributed by atoms with E-state index in [1.54, 1.807) is 0 Å². The lowest BCUT2D eigenvalue weighted by molar-refractivity contribution is -0.141. The molecule has 0 aromatic carbocycles. The van der Waals surface area contributed by atoms with Gasteiger partial charge in [0, 0.05) is 24.9 Å². The molecule has 0 spiro atoms. The quantitative estimate of drug-likeness (QED) is 0.856. The van der Waals surface area contributed by atoms with Crippen LogP contribution in [-0.2, 0) is 6.18 Å². The van der Waals surface area contributed by atoms with Crippen LogP contribution in [0.15, 0.2) is 16.7 Å². The lowest BCUT2D eigenvalue weighted by Gasteiger charge is -2.31. The molecule has 1 aliphatic carbocycles. The van der Waals surface area contributed by atoms with E-state index in [2.05, 4.69) is 20.3 Å². The van der Waals surface area contributed by atoms with Crippen LogP contribution in [0.5, 0.6) is 0 Å². The van der Waals surface area contributed by atoms with E-state index in [-0.39, 0.29) is 5.92 Å². The highest BCUT2D eigenvalue weighted by molar-refractivity contribution is 5.38. The fourth-order valence-corrected chi connectivity index (χ4v) is 2.92. The van der Waals surface area contributed by atoms with Crippen LogP contribution in [0.25, 0.3) is 0 Å². The highest BCUT2D eigenvalue weighted by Gasteiger charge is 2.34. The maximum Gasteiger partial charge on any atom is 0.435 e. The molecule has 0 radical (unpaired) electrons. The summed E-state index contributed by atoms with van der Waals surface area (Å²) in [5, 5.41) is 11.1. The van der Waals surface area contributed by atoms with E-state index < -0.39 is 11.9 Å². The molecule has 24 heavy (non-hydrogen) atoms. The molecule has 9 heteroatoms. The second kappa shape index (κ2) is 5.71. The molecule has 1 saturated carbocycles. The van der Waals surface area contributed by atoms with Crippen molar-refractivity contribution < 1.29 is 17.7 Å². The van der Waals surface area contributed by atoms with Gasteiger partial charge in [-0.15, -0.1) is 10.2 Å². The number of halogens is 3. The highest BCUT2D eigenvalue weighted by atomic mass is 19.4. The molecule has 2 aromatic rings. The zero-order valence-electron chi connectivity index (χ0n) is 12.8. The van der Waals surface area contributed by atoms with Crippen molar-refractivity contribution in [1.29, 1.82) is 0 Å². The highest BCUT2D eigenvalue weighted by Crippen LogP contribution is 2.40. The summed E-state index contributed by atoms with van der Waals surface area (Å²) < 4.78 is 42.9. The lowest BCUT2D eigenvalue weighted by atomic mass is 9.96. The minimum Gasteiger partial charge on any atom is -0.355 e. The average Bonchev–Trinajstić information content (AvgIpc) is 3.32. The molecule has 6 nitrogen and oxygen atoms in total. The molecule has 2 aromatic heterocycles. The molecule has 0 unspecified atom stereocenters. The average molecular weight is 339 g/mol. The first-order chi connectivity index (χ1) is 11.5. The van der Waals surface area contributed by atoms with Crippen LogP contribution in [0.1, 0.15) is 54.9 Å². The lowest BCUT2D eigenvalue weighted by Crippen LogP contribution is -2.34. The number of hydrogen-bond donors (Lipinski definition) is 0. The van der Waals surface area contributed by atoms with Gasteiger partial charge in [-0.3, -0.25) is 0 Å². The predicted molar refractivity (Wildman–Crippen MR) is 77.5 cm³/mol. The maximum absolute atomic E-state index is 12.5. The number of anilines is 1. The van der Waals surface area contributed by atoms with E-state index in [0.717, 1.165) is 43.5 Å². The van der Waals surface area contributed by atoms with Crippen molar-refractivity contribution in [2.45, 2.75) is 43.7 Å². The molecule has 1 saturated heterocycles. The third-order valence-electron chi connectivity index (χ3n) is 4.51. The molecule has 0 bridgehead atoms. The van der Waals surface area contributed by atoms with E-state index >= 15 is 0 Å². The Balaban J connectivity index is 1.38. The van der Waals surface area contributed by atoms with Gasteiger partial charge in [-0.1, -0.05) is 5.16 Å². The predicted octanol–water partition coefficient (Wildman–Crippen LogP) is 3.14. The van der Waals surface area contributed by atoms with Crippen molar-refractivity contribution in [1.82, 2.24) is 20.3 Å². The molecular formula is C15H16F3N5O. The van der Waals surface area contributed by atoms with Crippen LogP contribution in [0.2, 0.25) is 0 Å². The zero-order chi connectivity index (χ0) is 16.7. The SMILES string of the molecule is FC(F)(F)c1ccc(N2CCC(c3noc(C4CC4)n3)CC2)nn1. The number of rotatable bonds is 3. The minimum absolute atomic E-state index is 0.222. The van der Waals surface area contributed by atoms with Crippen LogP contribution < -0.4 is 4.90 Å². The molecule has 0 atom stereocenters. The first-order valence-corrected chi connectivity index (χ1v) is 8.00. The van der Waals surface area contributed by atoms with E-state index in [9.17, 15) is 13.2 Å². The summed E-state index contributed by atoms with van der Waals surface area (Å²) in [4.78, 5) is 6.42. The van der Waals surface area contributed by atoms with Crippen LogP contribution >= 0.6 is 0 Å². The van der Waals surface area contributed by atoms with Crippen LogP contribution in [0, 0.1) is 0 Å². The summed E-state index contributed by atoms with van der Waals surface area (Å²) in [5.74, 6) is 2.61. The molecule has 0 N–H and O–H groups in total. The number of hydrogen-bond acceptors (Lipinski definition) is 6. The van der Waals surface area contributed by atoms with Crippen molar-refractivity contribution in [3.8, 4) is 0 Å². The molecule has 128 valence electrons. The Morgan fingerprint density at radius 1 is 1.00 bits per heavy atom.